The Labute approximate surface area is 107 Å². The van der Waals surface area contributed by atoms with Crippen LogP contribution in [0.1, 0.15) is 6.92 Å². The highest BCUT2D eigenvalue weighted by Gasteiger charge is 2.15. The first-order valence-electron chi connectivity index (χ1n) is 5.61. The van der Waals surface area contributed by atoms with E-state index in [0.29, 0.717) is 5.69 Å². The molecule has 2 rings (SSSR count). The van der Waals surface area contributed by atoms with E-state index in [4.69, 9.17) is 0 Å². The van der Waals surface area contributed by atoms with Crippen molar-refractivity contribution in [2.75, 3.05) is 10.5 Å². The Morgan fingerprint density at radius 3 is 2.56 bits per heavy atom. The van der Waals surface area contributed by atoms with Gasteiger partial charge < -0.3 is 0 Å². The molecule has 0 amide bonds. The lowest BCUT2D eigenvalue weighted by molar-refractivity contribution is 0.602. The predicted octanol–water partition coefficient (Wildman–Crippen LogP) is 1.85. The van der Waals surface area contributed by atoms with Gasteiger partial charge >= 0.3 is 0 Å². The lowest BCUT2D eigenvalue weighted by atomic mass is 10.1. The Morgan fingerprint density at radius 1 is 1.28 bits per heavy atom. The number of benzene rings is 1. The largest absolute Gasteiger partial charge is 0.280 e. The van der Waals surface area contributed by atoms with Crippen LogP contribution in [0.5, 0.6) is 0 Å². The minimum absolute atomic E-state index is 0.0378. The Hall–Kier alpha value is -1.82. The molecule has 0 atom stereocenters. The molecule has 0 fully saturated rings. The smallest absolute Gasteiger partial charge is 0.232 e. The van der Waals surface area contributed by atoms with Crippen molar-refractivity contribution >= 4 is 15.7 Å². The van der Waals surface area contributed by atoms with Crippen LogP contribution < -0.4 is 4.72 Å². The molecule has 0 aliphatic heterocycles. The van der Waals surface area contributed by atoms with E-state index in [1.807, 2.05) is 30.3 Å². The van der Waals surface area contributed by atoms with E-state index in [1.54, 1.807) is 18.7 Å². The maximum Gasteiger partial charge on any atom is 0.232 e. The van der Waals surface area contributed by atoms with Crippen LogP contribution in [0, 0.1) is 0 Å². The van der Waals surface area contributed by atoms with Crippen LogP contribution in [-0.2, 0) is 17.1 Å². The molecule has 5 nitrogen and oxygen atoms in total. The first kappa shape index (κ1) is 12.6. The second kappa shape index (κ2) is 4.81. The van der Waals surface area contributed by atoms with Crippen molar-refractivity contribution in [3.8, 4) is 11.3 Å². The first-order valence-corrected chi connectivity index (χ1v) is 7.26. The van der Waals surface area contributed by atoms with E-state index in [2.05, 4.69) is 9.82 Å². The third-order valence-corrected chi connectivity index (χ3v) is 3.92. The molecule has 18 heavy (non-hydrogen) atoms. The van der Waals surface area contributed by atoms with Gasteiger partial charge in [-0.2, -0.15) is 5.10 Å². The summed E-state index contributed by atoms with van der Waals surface area (Å²) >= 11 is 0. The van der Waals surface area contributed by atoms with Crippen LogP contribution in [-0.4, -0.2) is 24.0 Å². The van der Waals surface area contributed by atoms with Gasteiger partial charge in [-0.05, 0) is 6.92 Å². The molecule has 96 valence electrons. The highest BCUT2D eigenvalue weighted by atomic mass is 32.2. The average Bonchev–Trinajstić information content (AvgIpc) is 2.71. The van der Waals surface area contributed by atoms with Gasteiger partial charge in [0.15, 0.2) is 0 Å². The molecule has 2 aromatic rings. The van der Waals surface area contributed by atoms with Crippen LogP contribution in [0.3, 0.4) is 0 Å². The number of nitrogens with one attached hydrogen (secondary N) is 1. The zero-order valence-electron chi connectivity index (χ0n) is 10.3. The number of sulfonamides is 1. The Bertz CT molecular complexity index is 633. The van der Waals surface area contributed by atoms with Gasteiger partial charge in [0.25, 0.3) is 0 Å². The van der Waals surface area contributed by atoms with Crippen LogP contribution in [0.25, 0.3) is 11.3 Å². The second-order valence-corrected chi connectivity index (χ2v) is 5.91. The van der Waals surface area contributed by atoms with Gasteiger partial charge in [0.1, 0.15) is 0 Å². The fraction of sp³-hybridized carbons (Fsp3) is 0.250. The minimum atomic E-state index is -3.29. The first-order chi connectivity index (χ1) is 8.53. The summed E-state index contributed by atoms with van der Waals surface area (Å²) in [7, 11) is -1.51. The lowest BCUT2D eigenvalue weighted by Gasteiger charge is -2.08. The molecule has 0 aliphatic carbocycles. The van der Waals surface area contributed by atoms with E-state index in [0.717, 1.165) is 11.3 Å². The Kier molecular flexibility index (Phi) is 3.38. The van der Waals surface area contributed by atoms with E-state index in [-0.39, 0.29) is 5.75 Å². The summed E-state index contributed by atoms with van der Waals surface area (Å²) in [5.74, 6) is 0.0378. The monoisotopic (exact) mass is 265 g/mol. The summed E-state index contributed by atoms with van der Waals surface area (Å²) in [6.07, 6.45) is 1.52. The lowest BCUT2D eigenvalue weighted by Crippen LogP contribution is -2.14. The van der Waals surface area contributed by atoms with Crippen molar-refractivity contribution in [3.63, 3.8) is 0 Å². The van der Waals surface area contributed by atoms with Gasteiger partial charge in [0.2, 0.25) is 10.0 Å². The average molecular weight is 265 g/mol. The van der Waals surface area contributed by atoms with Crippen LogP contribution in [0.2, 0.25) is 0 Å². The van der Waals surface area contributed by atoms with Crippen molar-refractivity contribution in [2.45, 2.75) is 6.92 Å². The van der Waals surface area contributed by atoms with Crippen molar-refractivity contribution in [2.24, 2.45) is 7.05 Å². The number of nitrogens with zero attached hydrogens (tertiary/aromatic N) is 2. The van der Waals surface area contributed by atoms with Crippen molar-refractivity contribution in [1.29, 1.82) is 0 Å². The molecule has 0 spiro atoms. The molecular weight excluding hydrogens is 250 g/mol. The van der Waals surface area contributed by atoms with Gasteiger partial charge in [0.05, 0.1) is 23.3 Å². The normalized spacial score (nSPS) is 11.4. The Morgan fingerprint density at radius 2 is 1.94 bits per heavy atom. The molecule has 0 radical (unpaired) electrons. The molecule has 0 unspecified atom stereocenters. The van der Waals surface area contributed by atoms with Gasteiger partial charge in [-0.25, -0.2) is 8.42 Å². The third-order valence-electron chi connectivity index (χ3n) is 2.63. The van der Waals surface area contributed by atoms with E-state index in [1.165, 1.54) is 6.20 Å². The fourth-order valence-corrected chi connectivity index (χ4v) is 2.32. The standard InChI is InChI=1S/C12H15N3O2S/c1-3-18(16,17)14-11-9-13-15(2)12(11)10-7-5-4-6-8-10/h4-9,14H,3H2,1-2H3. The summed E-state index contributed by atoms with van der Waals surface area (Å²) in [5, 5.41) is 4.10. The molecule has 1 heterocycles. The van der Waals surface area contributed by atoms with Crippen molar-refractivity contribution in [1.82, 2.24) is 9.78 Å². The maximum atomic E-state index is 11.6. The van der Waals surface area contributed by atoms with Crippen LogP contribution >= 0.6 is 0 Å². The van der Waals surface area contributed by atoms with E-state index in [9.17, 15) is 8.42 Å². The van der Waals surface area contributed by atoms with Gasteiger partial charge in [0, 0.05) is 12.6 Å². The quantitative estimate of drug-likeness (QED) is 0.917. The highest BCUT2D eigenvalue weighted by molar-refractivity contribution is 7.92. The number of hydrogen-bond acceptors (Lipinski definition) is 3. The molecule has 0 aliphatic rings. The van der Waals surface area contributed by atoms with Crippen LogP contribution in [0.4, 0.5) is 5.69 Å². The molecule has 1 aromatic heterocycles. The Balaban J connectivity index is 2.46. The van der Waals surface area contributed by atoms with E-state index >= 15 is 0 Å². The molecule has 0 saturated carbocycles. The summed E-state index contributed by atoms with van der Waals surface area (Å²) in [6, 6.07) is 9.55. The molecule has 0 bridgehead atoms. The van der Waals surface area contributed by atoms with Gasteiger partial charge in [-0.15, -0.1) is 0 Å². The number of aromatic nitrogens is 2. The van der Waals surface area contributed by atoms with Gasteiger partial charge in [-0.3, -0.25) is 9.40 Å². The predicted molar refractivity (Wildman–Crippen MR) is 71.7 cm³/mol. The number of rotatable bonds is 4. The summed E-state index contributed by atoms with van der Waals surface area (Å²) in [4.78, 5) is 0. The second-order valence-electron chi connectivity index (χ2n) is 3.90. The summed E-state index contributed by atoms with van der Waals surface area (Å²) in [6.45, 7) is 1.60. The maximum absolute atomic E-state index is 11.6. The van der Waals surface area contributed by atoms with Gasteiger partial charge in [-0.1, -0.05) is 30.3 Å². The molecular formula is C12H15N3O2S. The summed E-state index contributed by atoms with van der Waals surface area (Å²) < 4.78 is 27.4. The van der Waals surface area contributed by atoms with E-state index < -0.39 is 10.0 Å². The summed E-state index contributed by atoms with van der Waals surface area (Å²) in [5.41, 5.74) is 2.18. The SMILES string of the molecule is CCS(=O)(=O)Nc1cnn(C)c1-c1ccccc1. The topological polar surface area (TPSA) is 64.0 Å². The number of anilines is 1. The highest BCUT2D eigenvalue weighted by Crippen LogP contribution is 2.27. The zero-order valence-corrected chi connectivity index (χ0v) is 11.1. The number of aryl methyl sites for hydroxylation is 1. The third kappa shape index (κ3) is 2.53. The zero-order chi connectivity index (χ0) is 13.2. The molecule has 6 heteroatoms. The van der Waals surface area contributed by atoms with Crippen LogP contribution in [0.15, 0.2) is 36.5 Å². The molecule has 0 saturated heterocycles. The van der Waals surface area contributed by atoms with Crippen molar-refractivity contribution < 1.29 is 8.42 Å². The molecule has 1 N–H and O–H groups in total. The van der Waals surface area contributed by atoms with Crippen molar-refractivity contribution in [3.05, 3.63) is 36.5 Å². The fourth-order valence-electron chi connectivity index (χ4n) is 1.69. The molecule has 1 aromatic carbocycles. The minimum Gasteiger partial charge on any atom is -0.280 e. The number of hydrogen-bond donors (Lipinski definition) is 1.